The van der Waals surface area contributed by atoms with E-state index in [0.717, 1.165) is 18.2 Å². The molecule has 0 aromatic heterocycles. The van der Waals surface area contributed by atoms with Crippen molar-refractivity contribution in [2.24, 2.45) is 0 Å². The SMILES string of the molecule is Oc1cc(-c2ccc(Cl)c(F)c2)ccc1OC(F)(F)F. The molecule has 20 heavy (non-hydrogen) atoms. The van der Waals surface area contributed by atoms with Gasteiger partial charge in [0.2, 0.25) is 0 Å². The van der Waals surface area contributed by atoms with E-state index in [4.69, 9.17) is 11.6 Å². The highest BCUT2D eigenvalue weighted by Crippen LogP contribution is 2.35. The number of rotatable bonds is 2. The van der Waals surface area contributed by atoms with Gasteiger partial charge in [-0.15, -0.1) is 13.2 Å². The van der Waals surface area contributed by atoms with Crippen molar-refractivity contribution >= 4 is 11.6 Å². The summed E-state index contributed by atoms with van der Waals surface area (Å²) in [7, 11) is 0. The summed E-state index contributed by atoms with van der Waals surface area (Å²) in [6.07, 6.45) is -4.90. The van der Waals surface area contributed by atoms with Crippen LogP contribution in [0.5, 0.6) is 11.5 Å². The number of halogens is 5. The summed E-state index contributed by atoms with van der Waals surface area (Å²) in [5, 5.41) is 9.42. The summed E-state index contributed by atoms with van der Waals surface area (Å²) in [6.45, 7) is 0. The topological polar surface area (TPSA) is 29.5 Å². The van der Waals surface area contributed by atoms with E-state index in [0.29, 0.717) is 11.1 Å². The number of benzene rings is 2. The Morgan fingerprint density at radius 1 is 1.00 bits per heavy atom. The molecule has 0 aliphatic heterocycles. The molecule has 0 aliphatic rings. The van der Waals surface area contributed by atoms with E-state index in [1.54, 1.807) is 0 Å². The lowest BCUT2D eigenvalue weighted by molar-refractivity contribution is -0.275. The molecule has 2 aromatic rings. The largest absolute Gasteiger partial charge is 0.573 e. The number of phenols is 1. The first-order chi connectivity index (χ1) is 9.26. The van der Waals surface area contributed by atoms with Crippen LogP contribution in [0.3, 0.4) is 0 Å². The van der Waals surface area contributed by atoms with Crippen LogP contribution < -0.4 is 4.74 Å². The second-order valence-corrected chi connectivity index (χ2v) is 4.27. The van der Waals surface area contributed by atoms with E-state index < -0.39 is 23.7 Å². The van der Waals surface area contributed by atoms with E-state index >= 15 is 0 Å². The van der Waals surface area contributed by atoms with Gasteiger partial charge in [0.1, 0.15) is 5.82 Å². The summed E-state index contributed by atoms with van der Waals surface area (Å²) >= 11 is 5.53. The van der Waals surface area contributed by atoms with Gasteiger partial charge in [0, 0.05) is 0 Å². The van der Waals surface area contributed by atoms with Crippen molar-refractivity contribution in [2.45, 2.75) is 6.36 Å². The monoisotopic (exact) mass is 306 g/mol. The average Bonchev–Trinajstić information content (AvgIpc) is 2.34. The Morgan fingerprint density at radius 2 is 1.60 bits per heavy atom. The first-order valence-corrected chi connectivity index (χ1v) is 5.68. The maximum absolute atomic E-state index is 13.3. The minimum absolute atomic E-state index is 0.0741. The van der Waals surface area contributed by atoms with Crippen LogP contribution >= 0.6 is 11.6 Å². The van der Waals surface area contributed by atoms with Crippen molar-refractivity contribution < 1.29 is 27.4 Å². The fourth-order valence-corrected chi connectivity index (χ4v) is 1.70. The molecule has 0 aliphatic carbocycles. The van der Waals surface area contributed by atoms with E-state index in [9.17, 15) is 22.7 Å². The lowest BCUT2D eigenvalue weighted by Crippen LogP contribution is -2.17. The summed E-state index contributed by atoms with van der Waals surface area (Å²) in [5.41, 5.74) is 0.688. The quantitative estimate of drug-likeness (QED) is 0.811. The molecule has 106 valence electrons. The van der Waals surface area contributed by atoms with Gasteiger partial charge < -0.3 is 9.84 Å². The predicted molar refractivity (Wildman–Crippen MR) is 65.2 cm³/mol. The Balaban J connectivity index is 2.35. The lowest BCUT2D eigenvalue weighted by Gasteiger charge is -2.11. The van der Waals surface area contributed by atoms with Crippen molar-refractivity contribution in [3.8, 4) is 22.6 Å². The fourth-order valence-electron chi connectivity index (χ4n) is 1.58. The molecule has 2 rings (SSSR count). The van der Waals surface area contributed by atoms with Gasteiger partial charge in [-0.05, 0) is 35.4 Å². The third-order valence-corrected chi connectivity index (χ3v) is 2.74. The van der Waals surface area contributed by atoms with E-state index in [1.807, 2.05) is 0 Å². The van der Waals surface area contributed by atoms with Crippen LogP contribution in [0.4, 0.5) is 17.6 Å². The van der Waals surface area contributed by atoms with Gasteiger partial charge in [0.25, 0.3) is 0 Å². The van der Waals surface area contributed by atoms with Crippen LogP contribution in [0, 0.1) is 5.82 Å². The zero-order valence-electron chi connectivity index (χ0n) is 9.71. The van der Waals surface area contributed by atoms with Crippen LogP contribution in [-0.2, 0) is 0 Å². The smallest absolute Gasteiger partial charge is 0.504 e. The molecule has 0 atom stereocenters. The standard InChI is InChI=1S/C13H7ClF4O2/c14-9-3-1-7(5-10(9)15)8-2-4-12(11(19)6-8)20-13(16,17)18/h1-6,19H. The highest BCUT2D eigenvalue weighted by molar-refractivity contribution is 6.30. The molecule has 0 unspecified atom stereocenters. The highest BCUT2D eigenvalue weighted by atomic mass is 35.5. The third-order valence-electron chi connectivity index (χ3n) is 2.44. The molecule has 2 aromatic carbocycles. The van der Waals surface area contributed by atoms with Gasteiger partial charge >= 0.3 is 6.36 Å². The molecule has 1 N–H and O–H groups in total. The minimum Gasteiger partial charge on any atom is -0.504 e. The van der Waals surface area contributed by atoms with Crippen molar-refractivity contribution in [1.29, 1.82) is 0 Å². The first kappa shape index (κ1) is 14.5. The molecule has 2 nitrogen and oxygen atoms in total. The van der Waals surface area contributed by atoms with Crippen molar-refractivity contribution in [1.82, 2.24) is 0 Å². The Hall–Kier alpha value is -1.95. The molecule has 0 fully saturated rings. The van der Waals surface area contributed by atoms with Gasteiger partial charge in [0.15, 0.2) is 11.5 Å². The summed E-state index contributed by atoms with van der Waals surface area (Å²) in [6, 6.07) is 7.16. The van der Waals surface area contributed by atoms with E-state index in [-0.39, 0.29) is 5.02 Å². The van der Waals surface area contributed by atoms with Crippen LogP contribution in [-0.4, -0.2) is 11.5 Å². The van der Waals surface area contributed by atoms with Crippen molar-refractivity contribution in [3.63, 3.8) is 0 Å². The Morgan fingerprint density at radius 3 is 2.15 bits per heavy atom. The normalized spacial score (nSPS) is 11.4. The summed E-state index contributed by atoms with van der Waals surface area (Å²) in [5.74, 6) is -2.09. The van der Waals surface area contributed by atoms with Gasteiger partial charge in [-0.1, -0.05) is 23.7 Å². The van der Waals surface area contributed by atoms with Gasteiger partial charge in [-0.25, -0.2) is 4.39 Å². The van der Waals surface area contributed by atoms with Crippen LogP contribution in [0.15, 0.2) is 36.4 Å². The second-order valence-electron chi connectivity index (χ2n) is 3.86. The van der Waals surface area contributed by atoms with Gasteiger partial charge in [0.05, 0.1) is 5.02 Å². The molecule has 0 spiro atoms. The molecule has 0 amide bonds. The van der Waals surface area contributed by atoms with Gasteiger partial charge in [-0.2, -0.15) is 0 Å². The number of alkyl halides is 3. The summed E-state index contributed by atoms with van der Waals surface area (Å²) < 4.78 is 53.1. The maximum atomic E-state index is 13.3. The summed E-state index contributed by atoms with van der Waals surface area (Å²) in [4.78, 5) is 0. The first-order valence-electron chi connectivity index (χ1n) is 5.30. The van der Waals surface area contributed by atoms with E-state index in [1.165, 1.54) is 18.2 Å². The molecule has 0 radical (unpaired) electrons. The molecular weight excluding hydrogens is 300 g/mol. The van der Waals surface area contributed by atoms with Crippen LogP contribution in [0.2, 0.25) is 5.02 Å². The Kier molecular flexibility index (Phi) is 3.76. The third kappa shape index (κ3) is 3.33. The van der Waals surface area contributed by atoms with Crippen molar-refractivity contribution in [3.05, 3.63) is 47.2 Å². The molecule has 0 saturated heterocycles. The van der Waals surface area contributed by atoms with Crippen LogP contribution in [0.25, 0.3) is 11.1 Å². The zero-order chi connectivity index (χ0) is 14.9. The molecule has 0 saturated carbocycles. The zero-order valence-corrected chi connectivity index (χ0v) is 10.5. The molecule has 7 heteroatoms. The Labute approximate surface area is 116 Å². The number of aromatic hydroxyl groups is 1. The van der Waals surface area contributed by atoms with Crippen molar-refractivity contribution in [2.75, 3.05) is 0 Å². The minimum atomic E-state index is -4.90. The molecule has 0 heterocycles. The number of hydrogen-bond acceptors (Lipinski definition) is 2. The molecular formula is C13H7ClF4O2. The molecule has 0 bridgehead atoms. The predicted octanol–water partition coefficient (Wildman–Crippen LogP) is 4.75. The van der Waals surface area contributed by atoms with E-state index in [2.05, 4.69) is 4.74 Å². The average molecular weight is 307 g/mol. The number of phenolic OH excluding ortho intramolecular Hbond substituents is 1. The van der Waals surface area contributed by atoms with Crippen LogP contribution in [0.1, 0.15) is 0 Å². The lowest BCUT2D eigenvalue weighted by atomic mass is 10.1. The Bertz CT molecular complexity index is 641. The fraction of sp³-hybridized carbons (Fsp3) is 0.0769. The second kappa shape index (κ2) is 5.20. The highest BCUT2D eigenvalue weighted by Gasteiger charge is 2.32. The number of ether oxygens (including phenoxy) is 1. The number of hydrogen-bond donors (Lipinski definition) is 1. The van der Waals surface area contributed by atoms with Gasteiger partial charge in [-0.3, -0.25) is 0 Å². The maximum Gasteiger partial charge on any atom is 0.573 e.